The third-order valence-electron chi connectivity index (χ3n) is 6.08. The van der Waals surface area contributed by atoms with E-state index in [0.717, 1.165) is 19.6 Å². The fourth-order valence-corrected chi connectivity index (χ4v) is 4.58. The lowest BCUT2D eigenvalue weighted by atomic mass is 9.48. The minimum atomic E-state index is -0.130. The third-order valence-corrected chi connectivity index (χ3v) is 6.08. The van der Waals surface area contributed by atoms with Crippen LogP contribution in [0.15, 0.2) is 0 Å². The Morgan fingerprint density at radius 2 is 2.11 bits per heavy atom. The summed E-state index contributed by atoms with van der Waals surface area (Å²) in [5.74, 6) is 0.525. The van der Waals surface area contributed by atoms with E-state index < -0.39 is 0 Å². The van der Waals surface area contributed by atoms with Crippen LogP contribution in [0.2, 0.25) is 0 Å². The first kappa shape index (κ1) is 13.8. The van der Waals surface area contributed by atoms with Gasteiger partial charge in [-0.05, 0) is 25.7 Å². The second-order valence-corrected chi connectivity index (χ2v) is 7.14. The lowest BCUT2D eigenvalue weighted by molar-refractivity contribution is -0.154. The fourth-order valence-electron chi connectivity index (χ4n) is 4.58. The molecule has 3 N–H and O–H groups in total. The van der Waals surface area contributed by atoms with Crippen LogP contribution in [0.5, 0.6) is 0 Å². The van der Waals surface area contributed by atoms with Crippen LogP contribution in [-0.2, 0) is 9.47 Å². The van der Waals surface area contributed by atoms with Crippen molar-refractivity contribution in [3.8, 4) is 0 Å². The van der Waals surface area contributed by atoms with E-state index in [1.807, 2.05) is 7.11 Å². The molecule has 2 aliphatic carbocycles. The SMILES string of the molecule is COC1CCCC1NCC1(N)C2CCOC2C1(C)C. The molecule has 1 saturated heterocycles. The van der Waals surface area contributed by atoms with E-state index in [-0.39, 0.29) is 11.0 Å². The monoisotopic (exact) mass is 268 g/mol. The standard InChI is InChI=1S/C15H28N2O2/c1-14(2)13-10(7-8-19-13)15(14,16)9-17-11-5-4-6-12(11)18-3/h10-13,17H,4-9,16H2,1-3H3. The van der Waals surface area contributed by atoms with Gasteiger partial charge in [0.25, 0.3) is 0 Å². The molecule has 0 amide bonds. The van der Waals surface area contributed by atoms with Crippen molar-refractivity contribution in [1.29, 1.82) is 0 Å². The van der Waals surface area contributed by atoms with Gasteiger partial charge in [0.1, 0.15) is 0 Å². The van der Waals surface area contributed by atoms with E-state index >= 15 is 0 Å². The van der Waals surface area contributed by atoms with Gasteiger partial charge in [-0.25, -0.2) is 0 Å². The van der Waals surface area contributed by atoms with E-state index in [2.05, 4.69) is 19.2 Å². The molecule has 1 heterocycles. The lowest BCUT2D eigenvalue weighted by Gasteiger charge is -2.62. The van der Waals surface area contributed by atoms with E-state index in [0.29, 0.717) is 24.2 Å². The lowest BCUT2D eigenvalue weighted by Crippen LogP contribution is -2.78. The zero-order valence-electron chi connectivity index (χ0n) is 12.4. The number of nitrogens with two attached hydrogens (primary N) is 1. The van der Waals surface area contributed by atoms with Crippen molar-refractivity contribution in [3.05, 3.63) is 0 Å². The average molecular weight is 268 g/mol. The Morgan fingerprint density at radius 1 is 1.32 bits per heavy atom. The van der Waals surface area contributed by atoms with Gasteiger partial charge in [0, 0.05) is 43.2 Å². The van der Waals surface area contributed by atoms with E-state index in [4.69, 9.17) is 15.2 Å². The summed E-state index contributed by atoms with van der Waals surface area (Å²) < 4.78 is 11.4. The van der Waals surface area contributed by atoms with Crippen LogP contribution in [0, 0.1) is 11.3 Å². The fraction of sp³-hybridized carbons (Fsp3) is 1.00. The van der Waals surface area contributed by atoms with E-state index in [1.54, 1.807) is 0 Å². The summed E-state index contributed by atoms with van der Waals surface area (Å²) in [5, 5.41) is 3.69. The molecule has 5 atom stereocenters. The number of fused-ring (bicyclic) bond motifs is 1. The van der Waals surface area contributed by atoms with Gasteiger partial charge < -0.3 is 20.5 Å². The summed E-state index contributed by atoms with van der Waals surface area (Å²) in [4.78, 5) is 0. The summed E-state index contributed by atoms with van der Waals surface area (Å²) in [5.41, 5.74) is 6.69. The molecule has 19 heavy (non-hydrogen) atoms. The largest absolute Gasteiger partial charge is 0.380 e. The molecular formula is C15H28N2O2. The molecule has 110 valence electrons. The van der Waals surface area contributed by atoms with Crippen molar-refractivity contribution in [1.82, 2.24) is 5.32 Å². The number of methoxy groups -OCH3 is 1. The van der Waals surface area contributed by atoms with Gasteiger partial charge in [0.15, 0.2) is 0 Å². The van der Waals surface area contributed by atoms with Gasteiger partial charge in [0.2, 0.25) is 0 Å². The van der Waals surface area contributed by atoms with Gasteiger partial charge in [-0.1, -0.05) is 13.8 Å². The van der Waals surface area contributed by atoms with Gasteiger partial charge in [-0.3, -0.25) is 0 Å². The molecule has 5 unspecified atom stereocenters. The molecule has 0 aromatic carbocycles. The maximum atomic E-state index is 6.75. The zero-order valence-corrected chi connectivity index (χ0v) is 12.4. The first-order valence-electron chi connectivity index (χ1n) is 7.67. The van der Waals surface area contributed by atoms with Crippen LogP contribution in [-0.4, -0.2) is 44.1 Å². The molecule has 0 aromatic rings. The summed E-state index contributed by atoms with van der Waals surface area (Å²) in [6.07, 6.45) is 5.48. The minimum Gasteiger partial charge on any atom is -0.380 e. The predicted octanol–water partition coefficient (Wildman–Crippen LogP) is 1.29. The normalized spacial score (nSPS) is 48.0. The van der Waals surface area contributed by atoms with Crippen LogP contribution >= 0.6 is 0 Å². The Labute approximate surface area is 116 Å². The quantitative estimate of drug-likeness (QED) is 0.806. The number of ether oxygens (including phenoxy) is 2. The topological polar surface area (TPSA) is 56.5 Å². The Morgan fingerprint density at radius 3 is 2.84 bits per heavy atom. The highest BCUT2D eigenvalue weighted by Gasteiger charge is 2.67. The van der Waals surface area contributed by atoms with Gasteiger partial charge in [0.05, 0.1) is 12.2 Å². The molecule has 3 aliphatic rings. The Balaban J connectivity index is 1.63. The third kappa shape index (κ3) is 1.88. The molecule has 0 aromatic heterocycles. The van der Waals surface area contributed by atoms with Crippen molar-refractivity contribution in [2.75, 3.05) is 20.3 Å². The maximum absolute atomic E-state index is 6.75. The number of rotatable bonds is 4. The highest BCUT2D eigenvalue weighted by atomic mass is 16.5. The molecule has 3 rings (SSSR count). The number of hydrogen-bond donors (Lipinski definition) is 2. The smallest absolute Gasteiger partial charge is 0.0724 e. The van der Waals surface area contributed by atoms with Gasteiger partial charge in [-0.15, -0.1) is 0 Å². The van der Waals surface area contributed by atoms with Crippen LogP contribution in [0.3, 0.4) is 0 Å². The maximum Gasteiger partial charge on any atom is 0.0724 e. The highest BCUT2D eigenvalue weighted by Crippen LogP contribution is 2.57. The molecule has 0 spiro atoms. The molecular weight excluding hydrogens is 240 g/mol. The van der Waals surface area contributed by atoms with Gasteiger partial charge >= 0.3 is 0 Å². The summed E-state index contributed by atoms with van der Waals surface area (Å²) in [6.45, 7) is 6.27. The summed E-state index contributed by atoms with van der Waals surface area (Å²) >= 11 is 0. The van der Waals surface area contributed by atoms with Crippen LogP contribution in [0.1, 0.15) is 39.5 Å². The van der Waals surface area contributed by atoms with Crippen molar-refractivity contribution < 1.29 is 9.47 Å². The highest BCUT2D eigenvalue weighted by molar-refractivity contribution is 5.21. The van der Waals surface area contributed by atoms with Crippen molar-refractivity contribution in [3.63, 3.8) is 0 Å². The minimum absolute atomic E-state index is 0.0718. The molecule has 2 saturated carbocycles. The van der Waals surface area contributed by atoms with E-state index in [1.165, 1.54) is 19.3 Å². The number of nitrogens with one attached hydrogen (secondary N) is 1. The summed E-state index contributed by atoms with van der Waals surface area (Å²) in [7, 11) is 1.82. The summed E-state index contributed by atoms with van der Waals surface area (Å²) in [6, 6.07) is 0.475. The van der Waals surface area contributed by atoms with Crippen LogP contribution in [0.25, 0.3) is 0 Å². The second-order valence-electron chi connectivity index (χ2n) is 7.14. The molecule has 0 radical (unpaired) electrons. The van der Waals surface area contributed by atoms with Gasteiger partial charge in [-0.2, -0.15) is 0 Å². The Kier molecular flexibility index (Phi) is 3.41. The molecule has 3 fully saturated rings. The molecule has 4 heteroatoms. The molecule has 0 bridgehead atoms. The zero-order chi connectivity index (χ0) is 13.7. The molecule has 1 aliphatic heterocycles. The molecule has 4 nitrogen and oxygen atoms in total. The van der Waals surface area contributed by atoms with Crippen molar-refractivity contribution >= 4 is 0 Å². The average Bonchev–Trinajstić information content (AvgIpc) is 3.03. The van der Waals surface area contributed by atoms with Crippen LogP contribution < -0.4 is 11.1 Å². The van der Waals surface area contributed by atoms with E-state index in [9.17, 15) is 0 Å². The predicted molar refractivity (Wildman–Crippen MR) is 75.0 cm³/mol. The second kappa shape index (κ2) is 4.69. The Bertz CT molecular complexity index is 347. The first-order chi connectivity index (χ1) is 9.00. The first-order valence-corrected chi connectivity index (χ1v) is 7.67. The van der Waals surface area contributed by atoms with Crippen LogP contribution in [0.4, 0.5) is 0 Å². The van der Waals surface area contributed by atoms with Crippen molar-refractivity contribution in [2.45, 2.75) is 63.3 Å². The number of hydrogen-bond acceptors (Lipinski definition) is 4. The Hall–Kier alpha value is -0.160. The van der Waals surface area contributed by atoms with Crippen molar-refractivity contribution in [2.24, 2.45) is 17.1 Å².